The number of hydrogen-bond acceptors (Lipinski definition) is 3. The molecule has 4 heteroatoms. The Kier molecular flexibility index (Phi) is 3.54. The molecule has 4 nitrogen and oxygen atoms in total. The fourth-order valence-corrected chi connectivity index (χ4v) is 2.65. The summed E-state index contributed by atoms with van der Waals surface area (Å²) in [6.07, 6.45) is 1.53. The van der Waals surface area contributed by atoms with Gasteiger partial charge in [0.05, 0.1) is 11.3 Å². The largest absolute Gasteiger partial charge is 0.389 e. The van der Waals surface area contributed by atoms with E-state index in [2.05, 4.69) is 30.3 Å². The first kappa shape index (κ1) is 12.6. The molecule has 1 aliphatic rings. The Labute approximate surface area is 103 Å². The summed E-state index contributed by atoms with van der Waals surface area (Å²) in [4.78, 5) is 0. The summed E-state index contributed by atoms with van der Waals surface area (Å²) in [5.41, 5.74) is 1.61. The highest BCUT2D eigenvalue weighted by Gasteiger charge is 2.36. The lowest BCUT2D eigenvalue weighted by Crippen LogP contribution is -2.50. The van der Waals surface area contributed by atoms with Gasteiger partial charge in [-0.3, -0.25) is 4.68 Å². The highest BCUT2D eigenvalue weighted by Crippen LogP contribution is 2.28. The quantitative estimate of drug-likeness (QED) is 0.828. The first-order chi connectivity index (χ1) is 8.05. The average Bonchev–Trinajstić information content (AvgIpc) is 2.63. The third kappa shape index (κ3) is 2.53. The van der Waals surface area contributed by atoms with E-state index in [1.54, 1.807) is 0 Å². The monoisotopic (exact) mass is 237 g/mol. The molecule has 17 heavy (non-hydrogen) atoms. The van der Waals surface area contributed by atoms with E-state index in [-0.39, 0.29) is 5.92 Å². The second-order valence-corrected chi connectivity index (χ2v) is 5.23. The van der Waals surface area contributed by atoms with Crippen LogP contribution in [0.1, 0.15) is 31.7 Å². The molecule has 1 aromatic heterocycles. The van der Waals surface area contributed by atoms with Crippen LogP contribution in [0.15, 0.2) is 6.07 Å². The molecule has 0 aliphatic carbocycles. The second-order valence-electron chi connectivity index (χ2n) is 5.23. The zero-order valence-electron chi connectivity index (χ0n) is 11.0. The van der Waals surface area contributed by atoms with Crippen LogP contribution in [-0.2, 0) is 13.0 Å². The number of rotatable bonds is 3. The number of nitrogens with zero attached hydrogens (tertiary/aromatic N) is 2. The first-order valence-corrected chi connectivity index (χ1v) is 6.51. The molecule has 1 saturated heterocycles. The van der Waals surface area contributed by atoms with Crippen molar-refractivity contribution >= 4 is 0 Å². The maximum atomic E-state index is 10.7. The number of nitrogens with one attached hydrogen (secondary N) is 1. The van der Waals surface area contributed by atoms with Crippen LogP contribution in [0.5, 0.6) is 0 Å². The molecule has 0 amide bonds. The van der Waals surface area contributed by atoms with Crippen LogP contribution in [0.2, 0.25) is 0 Å². The first-order valence-electron chi connectivity index (χ1n) is 6.51. The molecule has 0 aromatic carbocycles. The summed E-state index contributed by atoms with van der Waals surface area (Å²) in [6, 6.07) is 2.09. The van der Waals surface area contributed by atoms with Gasteiger partial charge in [-0.15, -0.1) is 0 Å². The number of aryl methyl sites for hydroxylation is 2. The van der Waals surface area contributed by atoms with Gasteiger partial charge >= 0.3 is 0 Å². The normalized spacial score (nSPS) is 29.5. The number of aliphatic hydroxyl groups is 1. The Hall–Kier alpha value is -0.870. The number of hydrogen-bond donors (Lipinski definition) is 2. The molecule has 96 valence electrons. The fraction of sp³-hybridized carbons (Fsp3) is 0.769. The van der Waals surface area contributed by atoms with Gasteiger partial charge in [0.1, 0.15) is 0 Å². The zero-order valence-corrected chi connectivity index (χ0v) is 11.0. The highest BCUT2D eigenvalue weighted by atomic mass is 16.3. The van der Waals surface area contributed by atoms with Crippen molar-refractivity contribution in [3.8, 4) is 0 Å². The Morgan fingerprint density at radius 2 is 2.41 bits per heavy atom. The van der Waals surface area contributed by atoms with Crippen molar-refractivity contribution in [3.63, 3.8) is 0 Å². The summed E-state index contributed by atoms with van der Waals surface area (Å²) in [5.74, 6) is 0.289. The van der Waals surface area contributed by atoms with Crippen molar-refractivity contribution in [2.24, 2.45) is 5.92 Å². The van der Waals surface area contributed by atoms with E-state index >= 15 is 0 Å². The van der Waals surface area contributed by atoms with Gasteiger partial charge in [0.15, 0.2) is 0 Å². The maximum absolute atomic E-state index is 10.7. The van der Waals surface area contributed by atoms with Gasteiger partial charge in [-0.1, -0.05) is 6.92 Å². The van der Waals surface area contributed by atoms with Gasteiger partial charge in [-0.25, -0.2) is 0 Å². The molecule has 2 rings (SSSR count). The van der Waals surface area contributed by atoms with E-state index < -0.39 is 5.60 Å². The van der Waals surface area contributed by atoms with Crippen LogP contribution in [0.3, 0.4) is 0 Å². The summed E-state index contributed by atoms with van der Waals surface area (Å²) in [5, 5.41) is 18.5. The third-order valence-electron chi connectivity index (χ3n) is 3.87. The van der Waals surface area contributed by atoms with Crippen LogP contribution >= 0.6 is 0 Å². The minimum Gasteiger partial charge on any atom is -0.389 e. The van der Waals surface area contributed by atoms with Crippen LogP contribution in [0.4, 0.5) is 0 Å². The molecular formula is C13H23N3O. The topological polar surface area (TPSA) is 50.1 Å². The summed E-state index contributed by atoms with van der Waals surface area (Å²) in [7, 11) is 0. The van der Waals surface area contributed by atoms with Crippen molar-refractivity contribution < 1.29 is 5.11 Å². The van der Waals surface area contributed by atoms with E-state index in [0.717, 1.165) is 37.4 Å². The third-order valence-corrected chi connectivity index (χ3v) is 3.87. The maximum Gasteiger partial charge on any atom is 0.0752 e. The molecule has 2 heterocycles. The van der Waals surface area contributed by atoms with E-state index in [1.165, 1.54) is 0 Å². The van der Waals surface area contributed by atoms with Crippen molar-refractivity contribution in [2.45, 2.75) is 45.8 Å². The molecule has 1 aromatic rings. The van der Waals surface area contributed by atoms with Gasteiger partial charge < -0.3 is 10.4 Å². The number of piperidine rings is 1. The van der Waals surface area contributed by atoms with Crippen LogP contribution in [0, 0.1) is 12.8 Å². The van der Waals surface area contributed by atoms with Gasteiger partial charge in [0.25, 0.3) is 0 Å². The van der Waals surface area contributed by atoms with Crippen molar-refractivity contribution in [2.75, 3.05) is 13.1 Å². The van der Waals surface area contributed by atoms with E-state index in [9.17, 15) is 5.11 Å². The summed E-state index contributed by atoms with van der Waals surface area (Å²) < 4.78 is 2.00. The van der Waals surface area contributed by atoms with Crippen LogP contribution in [0.25, 0.3) is 0 Å². The molecule has 2 atom stereocenters. The fourth-order valence-electron chi connectivity index (χ4n) is 2.65. The highest BCUT2D eigenvalue weighted by molar-refractivity contribution is 5.13. The smallest absolute Gasteiger partial charge is 0.0752 e. The van der Waals surface area contributed by atoms with E-state index in [0.29, 0.717) is 6.42 Å². The molecule has 0 spiro atoms. The lowest BCUT2D eigenvalue weighted by molar-refractivity contribution is -0.0344. The van der Waals surface area contributed by atoms with Crippen molar-refractivity contribution in [1.82, 2.24) is 15.1 Å². The van der Waals surface area contributed by atoms with Crippen molar-refractivity contribution in [1.29, 1.82) is 0 Å². The Bertz CT molecular complexity index is 388. The van der Waals surface area contributed by atoms with Crippen LogP contribution < -0.4 is 5.32 Å². The lowest BCUT2D eigenvalue weighted by atomic mass is 9.79. The predicted molar refractivity (Wildman–Crippen MR) is 67.9 cm³/mol. The van der Waals surface area contributed by atoms with E-state index in [1.807, 2.05) is 11.6 Å². The SMILES string of the molecule is CCn1nc(C)cc1CC1(O)CCNCC1C. The average molecular weight is 237 g/mol. The molecule has 0 radical (unpaired) electrons. The second kappa shape index (κ2) is 4.78. The molecule has 1 fully saturated rings. The minimum absolute atomic E-state index is 0.289. The van der Waals surface area contributed by atoms with Gasteiger partial charge in [-0.05, 0) is 38.8 Å². The zero-order chi connectivity index (χ0) is 12.5. The predicted octanol–water partition coefficient (Wildman–Crippen LogP) is 1.11. The Morgan fingerprint density at radius 1 is 1.65 bits per heavy atom. The summed E-state index contributed by atoms with van der Waals surface area (Å²) in [6.45, 7) is 8.88. The van der Waals surface area contributed by atoms with Crippen molar-refractivity contribution in [3.05, 3.63) is 17.5 Å². The molecule has 2 N–H and O–H groups in total. The van der Waals surface area contributed by atoms with E-state index in [4.69, 9.17) is 0 Å². The van der Waals surface area contributed by atoms with Gasteiger partial charge in [0, 0.05) is 25.2 Å². The Balaban J connectivity index is 2.18. The van der Waals surface area contributed by atoms with Gasteiger partial charge in [0.2, 0.25) is 0 Å². The molecule has 0 bridgehead atoms. The standard InChI is InChI=1S/C13H23N3O/c1-4-16-12(7-11(3)15-16)8-13(17)5-6-14-9-10(13)2/h7,10,14,17H,4-6,8-9H2,1-3H3. The number of aromatic nitrogens is 2. The Morgan fingerprint density at radius 3 is 3.06 bits per heavy atom. The van der Waals surface area contributed by atoms with Crippen LogP contribution in [-0.4, -0.2) is 33.6 Å². The molecular weight excluding hydrogens is 214 g/mol. The molecule has 1 aliphatic heterocycles. The summed E-state index contributed by atoms with van der Waals surface area (Å²) >= 11 is 0. The van der Waals surface area contributed by atoms with Gasteiger partial charge in [-0.2, -0.15) is 5.10 Å². The molecule has 2 unspecified atom stereocenters. The minimum atomic E-state index is -0.579. The lowest BCUT2D eigenvalue weighted by Gasteiger charge is -2.38. The molecule has 0 saturated carbocycles.